The second kappa shape index (κ2) is 6.91. The van der Waals surface area contributed by atoms with Gasteiger partial charge in [0.1, 0.15) is 5.69 Å². The number of Topliss-reactive ketones (excluding diaryl/α,β-unsaturated/α-hetero) is 1. The summed E-state index contributed by atoms with van der Waals surface area (Å²) in [7, 11) is 0.684. The average molecular weight is 411 g/mol. The number of carbonyl (C=O) groups is 1. The van der Waals surface area contributed by atoms with Gasteiger partial charge in [-0.2, -0.15) is 22.0 Å². The van der Waals surface area contributed by atoms with E-state index >= 15 is 0 Å². The summed E-state index contributed by atoms with van der Waals surface area (Å²) >= 11 is 5.69. The van der Waals surface area contributed by atoms with Gasteiger partial charge in [-0.1, -0.05) is 12.1 Å². The summed E-state index contributed by atoms with van der Waals surface area (Å²) in [6, 6.07) is 5.04. The summed E-state index contributed by atoms with van der Waals surface area (Å²) in [6.45, 7) is 1.40. The highest BCUT2D eigenvalue weighted by Crippen LogP contribution is 2.42. The van der Waals surface area contributed by atoms with E-state index in [1.807, 2.05) is 0 Å². The van der Waals surface area contributed by atoms with Crippen LogP contribution in [0.15, 0.2) is 39.9 Å². The first-order valence-electron chi connectivity index (χ1n) is 7.36. The molecule has 2 aromatic rings. The van der Waals surface area contributed by atoms with Crippen LogP contribution in [0.1, 0.15) is 23.0 Å². The molecular formula is C16H12ClF5N2O3. The molecule has 0 spiro atoms. The minimum Gasteiger partial charge on any atom is -0.294 e. The third-order valence-corrected chi connectivity index (χ3v) is 3.95. The number of benzene rings is 1. The first-order valence-corrected chi connectivity index (χ1v) is 7.79. The van der Waals surface area contributed by atoms with E-state index < -0.39 is 40.2 Å². The van der Waals surface area contributed by atoms with E-state index in [-0.39, 0.29) is 21.9 Å². The Morgan fingerprint density at radius 2 is 1.70 bits per heavy atom. The summed E-state index contributed by atoms with van der Waals surface area (Å²) in [5, 5.41) is -0.910. The molecule has 0 saturated carbocycles. The van der Waals surface area contributed by atoms with Crippen molar-refractivity contribution >= 4 is 17.4 Å². The highest BCUT2D eigenvalue weighted by Gasteiger charge is 2.60. The van der Waals surface area contributed by atoms with Crippen LogP contribution in [0.5, 0.6) is 0 Å². The second-order valence-corrected chi connectivity index (χ2v) is 6.30. The molecule has 1 unspecified atom stereocenters. The normalized spacial score (nSPS) is 13.5. The van der Waals surface area contributed by atoms with Crippen molar-refractivity contribution in [2.75, 3.05) is 0 Å². The van der Waals surface area contributed by atoms with E-state index in [9.17, 15) is 36.3 Å². The molecule has 27 heavy (non-hydrogen) atoms. The predicted molar refractivity (Wildman–Crippen MR) is 86.9 cm³/mol. The van der Waals surface area contributed by atoms with Crippen LogP contribution in [0.25, 0.3) is 5.69 Å². The van der Waals surface area contributed by atoms with Gasteiger partial charge in [0.2, 0.25) is 0 Å². The molecule has 5 nitrogen and oxygen atoms in total. The third kappa shape index (κ3) is 3.66. The molecular weight excluding hydrogens is 399 g/mol. The van der Waals surface area contributed by atoms with Crippen molar-refractivity contribution in [1.82, 2.24) is 9.13 Å². The molecule has 0 bridgehead atoms. The number of nitrogens with zero attached hydrogens (tertiary/aromatic N) is 2. The number of hydrogen-bond donors (Lipinski definition) is 0. The molecule has 1 heterocycles. The number of aromatic nitrogens is 2. The Kier molecular flexibility index (Phi) is 5.33. The number of ketones is 1. The lowest BCUT2D eigenvalue weighted by atomic mass is 10.1. The summed E-state index contributed by atoms with van der Waals surface area (Å²) in [4.78, 5) is 36.4. The van der Waals surface area contributed by atoms with Crippen molar-refractivity contribution in [3.05, 3.63) is 62.4 Å². The molecule has 0 aliphatic carbocycles. The van der Waals surface area contributed by atoms with Gasteiger partial charge >= 0.3 is 17.8 Å². The lowest BCUT2D eigenvalue weighted by molar-refractivity contribution is -0.292. The van der Waals surface area contributed by atoms with Crippen molar-refractivity contribution < 1.29 is 26.7 Å². The Bertz CT molecular complexity index is 1010. The number of carbonyl (C=O) groups excluding carboxylic acids is 1. The molecule has 1 aromatic heterocycles. The number of rotatable bonds is 4. The fraction of sp³-hybridized carbons (Fsp3) is 0.312. The van der Waals surface area contributed by atoms with Crippen molar-refractivity contribution in [1.29, 1.82) is 0 Å². The SMILES string of the molecule is CC(Cl)C(=O)c1cccc(-n2c(=O)cc(C(F)(F)C(F)(F)F)n(C)c2=O)c1. The number of hydrogen-bond acceptors (Lipinski definition) is 3. The van der Waals surface area contributed by atoms with Gasteiger partial charge in [0, 0.05) is 18.7 Å². The summed E-state index contributed by atoms with van der Waals surface area (Å²) in [6.07, 6.45) is -5.99. The molecule has 1 atom stereocenters. The van der Waals surface area contributed by atoms with Crippen molar-refractivity contribution in [2.45, 2.75) is 24.4 Å². The topological polar surface area (TPSA) is 61.1 Å². The Morgan fingerprint density at radius 1 is 1.11 bits per heavy atom. The van der Waals surface area contributed by atoms with Crippen LogP contribution in [0, 0.1) is 0 Å². The van der Waals surface area contributed by atoms with Gasteiger partial charge in [-0.25, -0.2) is 9.36 Å². The van der Waals surface area contributed by atoms with Crippen LogP contribution >= 0.6 is 11.6 Å². The van der Waals surface area contributed by atoms with Gasteiger partial charge < -0.3 is 0 Å². The number of halogens is 6. The van der Waals surface area contributed by atoms with Crippen molar-refractivity contribution in [3.63, 3.8) is 0 Å². The summed E-state index contributed by atoms with van der Waals surface area (Å²) < 4.78 is 65.3. The van der Waals surface area contributed by atoms with E-state index in [0.29, 0.717) is 11.6 Å². The van der Waals surface area contributed by atoms with Gasteiger partial charge in [-0.15, -0.1) is 11.6 Å². The summed E-state index contributed by atoms with van der Waals surface area (Å²) in [5.41, 5.74) is -4.76. The lowest BCUT2D eigenvalue weighted by Crippen LogP contribution is -2.45. The van der Waals surface area contributed by atoms with Crippen LogP contribution in [0.4, 0.5) is 22.0 Å². The van der Waals surface area contributed by atoms with Crippen LogP contribution in [0.3, 0.4) is 0 Å². The van der Waals surface area contributed by atoms with Crippen molar-refractivity contribution in [3.8, 4) is 5.69 Å². The van der Waals surface area contributed by atoms with E-state index in [2.05, 4.69) is 0 Å². The zero-order chi connectivity index (χ0) is 20.7. The van der Waals surface area contributed by atoms with E-state index in [0.717, 1.165) is 6.07 Å². The molecule has 11 heteroatoms. The quantitative estimate of drug-likeness (QED) is 0.442. The van der Waals surface area contributed by atoms with E-state index in [1.165, 1.54) is 25.1 Å². The lowest BCUT2D eigenvalue weighted by Gasteiger charge is -2.22. The van der Waals surface area contributed by atoms with Crippen molar-refractivity contribution in [2.24, 2.45) is 7.05 Å². The maximum atomic E-state index is 13.6. The van der Waals surface area contributed by atoms with Gasteiger partial charge in [0.25, 0.3) is 5.56 Å². The highest BCUT2D eigenvalue weighted by atomic mass is 35.5. The zero-order valence-corrected chi connectivity index (χ0v) is 14.6. The van der Waals surface area contributed by atoms with Crippen LogP contribution in [-0.4, -0.2) is 26.5 Å². The largest absolute Gasteiger partial charge is 0.459 e. The minimum absolute atomic E-state index is 0.0353. The molecule has 0 saturated heterocycles. The molecule has 0 amide bonds. The fourth-order valence-corrected chi connectivity index (χ4v) is 2.46. The Balaban J connectivity index is 2.71. The molecule has 0 N–H and O–H groups in total. The maximum absolute atomic E-state index is 13.6. The second-order valence-electron chi connectivity index (χ2n) is 5.65. The first-order chi connectivity index (χ1) is 12.3. The van der Waals surface area contributed by atoms with Crippen LogP contribution < -0.4 is 11.2 Å². The predicted octanol–water partition coefficient (Wildman–Crippen LogP) is 3.00. The molecule has 146 valence electrons. The van der Waals surface area contributed by atoms with Crippen LogP contribution in [-0.2, 0) is 13.0 Å². The van der Waals surface area contributed by atoms with Gasteiger partial charge in [-0.3, -0.25) is 14.2 Å². The molecule has 0 radical (unpaired) electrons. The van der Waals surface area contributed by atoms with Gasteiger partial charge in [0.15, 0.2) is 5.78 Å². The smallest absolute Gasteiger partial charge is 0.294 e. The third-order valence-electron chi connectivity index (χ3n) is 3.75. The van der Waals surface area contributed by atoms with Crippen LogP contribution in [0.2, 0.25) is 0 Å². The average Bonchev–Trinajstić information content (AvgIpc) is 2.56. The Labute approximate surface area is 153 Å². The first kappa shape index (κ1) is 20.8. The van der Waals surface area contributed by atoms with E-state index in [1.54, 1.807) is 0 Å². The molecule has 2 rings (SSSR count). The molecule has 1 aromatic carbocycles. The number of alkyl halides is 6. The van der Waals surface area contributed by atoms with Gasteiger partial charge in [0.05, 0.1) is 11.1 Å². The molecule has 0 aliphatic heterocycles. The fourth-order valence-electron chi connectivity index (χ4n) is 2.34. The maximum Gasteiger partial charge on any atom is 0.459 e. The Hall–Kier alpha value is -2.49. The standard InChI is InChI=1S/C16H12ClF5N2O3/c1-8(17)13(26)9-4-3-5-10(6-9)24-12(25)7-11(23(2)14(24)27)15(18,19)16(20,21)22/h3-8H,1-2H3. The van der Waals surface area contributed by atoms with Gasteiger partial charge in [-0.05, 0) is 19.1 Å². The minimum atomic E-state index is -5.99. The highest BCUT2D eigenvalue weighted by molar-refractivity contribution is 6.33. The van der Waals surface area contributed by atoms with E-state index in [4.69, 9.17) is 11.6 Å². The molecule has 0 aliphatic rings. The summed E-state index contributed by atoms with van der Waals surface area (Å²) in [5.74, 6) is -5.92. The molecule has 0 fully saturated rings. The zero-order valence-electron chi connectivity index (χ0n) is 13.9. The monoisotopic (exact) mass is 410 g/mol. The Morgan fingerprint density at radius 3 is 2.22 bits per heavy atom.